The molecule has 1 aromatic carbocycles. The van der Waals surface area contributed by atoms with E-state index in [2.05, 4.69) is 10.6 Å². The van der Waals surface area contributed by atoms with E-state index >= 15 is 0 Å². The van der Waals surface area contributed by atoms with Crippen LogP contribution in [-0.4, -0.2) is 36.7 Å². The van der Waals surface area contributed by atoms with Gasteiger partial charge >= 0.3 is 0 Å². The lowest BCUT2D eigenvalue weighted by atomic mass is 10.0. The molecule has 2 rings (SSSR count). The zero-order chi connectivity index (χ0) is 14.5. The summed E-state index contributed by atoms with van der Waals surface area (Å²) in [4.78, 5) is 12.1. The molecule has 3 atom stereocenters. The van der Waals surface area contributed by atoms with Crippen LogP contribution in [0.3, 0.4) is 0 Å². The first-order valence-electron chi connectivity index (χ1n) is 6.51. The van der Waals surface area contributed by atoms with Crippen molar-refractivity contribution in [1.82, 2.24) is 10.6 Å². The first kappa shape index (κ1) is 15.6. The standard InChI is InChI=1S/C14H19ClN2O2S/c1-9(17-14(18)12-7-20-8-16-12)13(19-2)10-3-5-11(15)6-4-10/h3-6,9,12-13,16H,7-8H2,1-2H3,(H,17,18)/t9-,12-,13+/m1/s1. The zero-order valence-corrected chi connectivity index (χ0v) is 13.1. The minimum atomic E-state index is -0.190. The molecule has 0 radical (unpaired) electrons. The van der Waals surface area contributed by atoms with Crippen LogP contribution in [0.4, 0.5) is 0 Å². The molecule has 20 heavy (non-hydrogen) atoms. The molecule has 1 saturated heterocycles. The van der Waals surface area contributed by atoms with Crippen LogP contribution in [0.15, 0.2) is 24.3 Å². The van der Waals surface area contributed by atoms with Crippen molar-refractivity contribution in [1.29, 1.82) is 0 Å². The van der Waals surface area contributed by atoms with Crippen LogP contribution in [0, 0.1) is 0 Å². The SMILES string of the molecule is CO[C@H](c1ccc(Cl)cc1)[C@@H](C)NC(=O)[C@H]1CSCN1. The lowest BCUT2D eigenvalue weighted by Gasteiger charge is -2.25. The Morgan fingerprint density at radius 1 is 1.50 bits per heavy atom. The summed E-state index contributed by atoms with van der Waals surface area (Å²) in [6.45, 7) is 1.95. The van der Waals surface area contributed by atoms with Crippen LogP contribution in [-0.2, 0) is 9.53 Å². The topological polar surface area (TPSA) is 50.4 Å². The molecule has 2 N–H and O–H groups in total. The summed E-state index contributed by atoms with van der Waals surface area (Å²) in [6.07, 6.45) is -0.190. The van der Waals surface area contributed by atoms with Crippen LogP contribution >= 0.6 is 23.4 Å². The average molecular weight is 315 g/mol. The number of amides is 1. The predicted octanol–water partition coefficient (Wildman–Crippen LogP) is 2.19. The lowest BCUT2D eigenvalue weighted by molar-refractivity contribution is -0.124. The number of hydrogen-bond donors (Lipinski definition) is 2. The molecule has 1 aliphatic heterocycles. The Kier molecular flexibility index (Phi) is 5.72. The predicted molar refractivity (Wildman–Crippen MR) is 83.1 cm³/mol. The number of rotatable bonds is 5. The minimum Gasteiger partial charge on any atom is -0.375 e. The monoisotopic (exact) mass is 314 g/mol. The molecule has 110 valence electrons. The molecule has 0 spiro atoms. The Bertz CT molecular complexity index is 449. The van der Waals surface area contributed by atoms with Crippen LogP contribution in [0.25, 0.3) is 0 Å². The highest BCUT2D eigenvalue weighted by molar-refractivity contribution is 7.99. The van der Waals surface area contributed by atoms with Gasteiger partial charge in [-0.2, -0.15) is 0 Å². The fourth-order valence-corrected chi connectivity index (χ4v) is 3.31. The molecule has 0 unspecified atom stereocenters. The van der Waals surface area contributed by atoms with Gasteiger partial charge in [-0.3, -0.25) is 10.1 Å². The summed E-state index contributed by atoms with van der Waals surface area (Å²) < 4.78 is 5.52. The van der Waals surface area contributed by atoms with Crippen LogP contribution < -0.4 is 10.6 Å². The summed E-state index contributed by atoms with van der Waals surface area (Å²) in [5.74, 6) is 1.67. The number of nitrogens with one attached hydrogen (secondary N) is 2. The molecule has 1 aromatic rings. The molecule has 1 heterocycles. The van der Waals surface area contributed by atoms with E-state index in [1.807, 2.05) is 31.2 Å². The number of carbonyl (C=O) groups excluding carboxylic acids is 1. The van der Waals surface area contributed by atoms with Gasteiger partial charge in [-0.25, -0.2) is 0 Å². The van der Waals surface area contributed by atoms with Gasteiger partial charge in [-0.15, -0.1) is 11.8 Å². The van der Waals surface area contributed by atoms with Gasteiger partial charge in [0.2, 0.25) is 5.91 Å². The van der Waals surface area contributed by atoms with Gasteiger partial charge in [0.05, 0.1) is 12.1 Å². The average Bonchev–Trinajstić information content (AvgIpc) is 2.96. The number of hydrogen-bond acceptors (Lipinski definition) is 4. The third-order valence-corrected chi connectivity index (χ3v) is 4.50. The second-order valence-corrected chi connectivity index (χ2v) is 6.24. The number of benzene rings is 1. The van der Waals surface area contributed by atoms with E-state index in [1.165, 1.54) is 0 Å². The van der Waals surface area contributed by atoms with E-state index in [-0.39, 0.29) is 24.1 Å². The van der Waals surface area contributed by atoms with Gasteiger partial charge in [-0.1, -0.05) is 23.7 Å². The van der Waals surface area contributed by atoms with Crippen molar-refractivity contribution in [2.45, 2.75) is 25.1 Å². The molecule has 1 fully saturated rings. The molecular weight excluding hydrogens is 296 g/mol. The van der Waals surface area contributed by atoms with Crippen molar-refractivity contribution in [3.05, 3.63) is 34.9 Å². The minimum absolute atomic E-state index is 0.0264. The molecule has 6 heteroatoms. The number of halogens is 1. The summed E-state index contributed by atoms with van der Waals surface area (Å²) in [5, 5.41) is 6.86. The number of thioether (sulfide) groups is 1. The number of ether oxygens (including phenoxy) is 1. The van der Waals surface area contributed by atoms with E-state index in [1.54, 1.807) is 18.9 Å². The second-order valence-electron chi connectivity index (χ2n) is 4.78. The maximum absolute atomic E-state index is 12.1. The van der Waals surface area contributed by atoms with Gasteiger partial charge in [0.15, 0.2) is 0 Å². The van der Waals surface area contributed by atoms with Crippen molar-refractivity contribution < 1.29 is 9.53 Å². The molecule has 0 saturated carbocycles. The molecule has 0 aromatic heterocycles. The summed E-state index contributed by atoms with van der Waals surface area (Å²) in [6, 6.07) is 7.27. The Morgan fingerprint density at radius 3 is 2.75 bits per heavy atom. The first-order valence-corrected chi connectivity index (χ1v) is 8.05. The fraction of sp³-hybridized carbons (Fsp3) is 0.500. The van der Waals surface area contributed by atoms with Gasteiger partial charge in [0.1, 0.15) is 6.10 Å². The van der Waals surface area contributed by atoms with Gasteiger partial charge in [0, 0.05) is 23.8 Å². The lowest BCUT2D eigenvalue weighted by Crippen LogP contribution is -2.47. The quantitative estimate of drug-likeness (QED) is 0.875. The van der Waals surface area contributed by atoms with Crippen molar-refractivity contribution in [2.75, 3.05) is 18.7 Å². The number of methoxy groups -OCH3 is 1. The van der Waals surface area contributed by atoms with E-state index in [9.17, 15) is 4.79 Å². The highest BCUT2D eigenvalue weighted by Gasteiger charge is 2.26. The molecule has 1 amide bonds. The van der Waals surface area contributed by atoms with Crippen molar-refractivity contribution in [2.24, 2.45) is 0 Å². The molecule has 4 nitrogen and oxygen atoms in total. The van der Waals surface area contributed by atoms with Crippen LogP contribution in [0.1, 0.15) is 18.6 Å². The Labute approximate surface area is 128 Å². The fourth-order valence-electron chi connectivity index (χ4n) is 2.25. The van der Waals surface area contributed by atoms with Crippen LogP contribution in [0.2, 0.25) is 5.02 Å². The summed E-state index contributed by atoms with van der Waals surface area (Å²) >= 11 is 7.62. The van der Waals surface area contributed by atoms with E-state index < -0.39 is 0 Å². The number of carbonyl (C=O) groups is 1. The molecule has 1 aliphatic rings. The Hall–Kier alpha value is -0.750. The third-order valence-electron chi connectivity index (χ3n) is 3.31. The Balaban J connectivity index is 1.99. The summed E-state index contributed by atoms with van der Waals surface area (Å²) in [7, 11) is 1.64. The molecular formula is C14H19ClN2O2S. The first-order chi connectivity index (χ1) is 9.61. The largest absolute Gasteiger partial charge is 0.375 e. The van der Waals surface area contributed by atoms with Gasteiger partial charge in [-0.05, 0) is 24.6 Å². The van der Waals surface area contributed by atoms with Crippen molar-refractivity contribution >= 4 is 29.3 Å². The van der Waals surface area contributed by atoms with E-state index in [4.69, 9.17) is 16.3 Å². The molecule has 0 aliphatic carbocycles. The smallest absolute Gasteiger partial charge is 0.238 e. The third kappa shape index (κ3) is 3.88. The maximum Gasteiger partial charge on any atom is 0.238 e. The summed E-state index contributed by atoms with van der Waals surface area (Å²) in [5.41, 5.74) is 0.999. The normalized spacial score (nSPS) is 21.4. The van der Waals surface area contributed by atoms with E-state index in [0.29, 0.717) is 5.02 Å². The Morgan fingerprint density at radius 2 is 2.20 bits per heavy atom. The van der Waals surface area contributed by atoms with Crippen molar-refractivity contribution in [3.8, 4) is 0 Å². The van der Waals surface area contributed by atoms with Crippen LogP contribution in [0.5, 0.6) is 0 Å². The highest BCUT2D eigenvalue weighted by Crippen LogP contribution is 2.22. The highest BCUT2D eigenvalue weighted by atomic mass is 35.5. The van der Waals surface area contributed by atoms with Gasteiger partial charge in [0.25, 0.3) is 0 Å². The van der Waals surface area contributed by atoms with Gasteiger partial charge < -0.3 is 10.1 Å². The zero-order valence-electron chi connectivity index (χ0n) is 11.6. The maximum atomic E-state index is 12.1. The second kappa shape index (κ2) is 7.31. The molecule has 0 bridgehead atoms. The van der Waals surface area contributed by atoms with E-state index in [0.717, 1.165) is 17.2 Å². The van der Waals surface area contributed by atoms with Crippen molar-refractivity contribution in [3.63, 3.8) is 0 Å².